The van der Waals surface area contributed by atoms with Crippen molar-refractivity contribution in [3.63, 3.8) is 0 Å². The van der Waals surface area contributed by atoms with Crippen LogP contribution >= 0.6 is 43.5 Å². The van der Waals surface area contributed by atoms with E-state index in [4.69, 9.17) is 16.3 Å². The number of rotatable bonds is 4. The Kier molecular flexibility index (Phi) is 5.03. The molecule has 0 atom stereocenters. The van der Waals surface area contributed by atoms with Crippen molar-refractivity contribution >= 4 is 43.5 Å². The molecule has 2 nitrogen and oxygen atoms in total. The first-order chi connectivity index (χ1) is 8.69. The quantitative estimate of drug-likeness (QED) is 0.690. The summed E-state index contributed by atoms with van der Waals surface area (Å²) in [7, 11) is 0. The third-order valence-corrected chi connectivity index (χ3v) is 3.58. The van der Waals surface area contributed by atoms with Crippen LogP contribution in [0.25, 0.3) is 0 Å². The van der Waals surface area contributed by atoms with Crippen molar-refractivity contribution in [2.45, 2.75) is 12.5 Å². The normalized spacial score (nSPS) is 10.4. The topological polar surface area (TPSA) is 22.1 Å². The maximum absolute atomic E-state index is 5.86. The Balaban J connectivity index is 2.08. The second-order valence-electron chi connectivity index (χ2n) is 3.67. The highest BCUT2D eigenvalue weighted by Crippen LogP contribution is 2.22. The molecule has 1 aromatic heterocycles. The largest absolute Gasteiger partial charge is 0.473 e. The zero-order chi connectivity index (χ0) is 13.0. The van der Waals surface area contributed by atoms with E-state index in [0.717, 1.165) is 20.1 Å². The zero-order valence-electron chi connectivity index (χ0n) is 9.37. The predicted octanol–water partition coefficient (Wildman–Crippen LogP) is 4.92. The fourth-order valence-corrected chi connectivity index (χ4v) is 2.26. The third kappa shape index (κ3) is 3.70. The van der Waals surface area contributed by atoms with E-state index < -0.39 is 0 Å². The molecule has 2 rings (SSSR count). The Hall–Kier alpha value is -0.580. The Morgan fingerprint density at radius 2 is 1.83 bits per heavy atom. The van der Waals surface area contributed by atoms with Crippen molar-refractivity contribution in [2.24, 2.45) is 0 Å². The molecule has 0 amide bonds. The number of aromatic nitrogens is 1. The average Bonchev–Trinajstić information content (AvgIpc) is 2.39. The van der Waals surface area contributed by atoms with Crippen LogP contribution in [0.3, 0.4) is 0 Å². The molecule has 0 saturated carbocycles. The number of hydrogen-bond donors (Lipinski definition) is 0. The van der Waals surface area contributed by atoms with Crippen molar-refractivity contribution in [3.8, 4) is 5.88 Å². The summed E-state index contributed by atoms with van der Waals surface area (Å²) in [5, 5.41) is 0. The highest BCUT2D eigenvalue weighted by atomic mass is 79.9. The first kappa shape index (κ1) is 13.8. The van der Waals surface area contributed by atoms with Gasteiger partial charge >= 0.3 is 0 Å². The van der Waals surface area contributed by atoms with E-state index in [0.29, 0.717) is 18.4 Å². The number of pyridine rings is 1. The summed E-state index contributed by atoms with van der Waals surface area (Å²) in [6, 6.07) is 9.88. The maximum Gasteiger partial charge on any atom is 0.218 e. The van der Waals surface area contributed by atoms with Crippen LogP contribution in [0.4, 0.5) is 0 Å². The Bertz CT molecular complexity index is 531. The molecular weight excluding hydrogens is 381 g/mol. The van der Waals surface area contributed by atoms with Gasteiger partial charge in [0.25, 0.3) is 0 Å². The highest BCUT2D eigenvalue weighted by Gasteiger charge is 2.05. The van der Waals surface area contributed by atoms with Crippen LogP contribution in [-0.4, -0.2) is 4.98 Å². The van der Waals surface area contributed by atoms with Crippen LogP contribution < -0.4 is 4.74 Å². The summed E-state index contributed by atoms with van der Waals surface area (Å²) >= 11 is 12.6. The Morgan fingerprint density at radius 3 is 2.50 bits per heavy atom. The van der Waals surface area contributed by atoms with Crippen LogP contribution in [0.5, 0.6) is 5.88 Å². The molecule has 5 heteroatoms. The van der Waals surface area contributed by atoms with Crippen LogP contribution in [-0.2, 0) is 12.5 Å². The summed E-state index contributed by atoms with van der Waals surface area (Å²) in [4.78, 5) is 4.22. The summed E-state index contributed by atoms with van der Waals surface area (Å²) in [5.41, 5.74) is 1.96. The minimum atomic E-state index is 0.377. The molecule has 0 fully saturated rings. The van der Waals surface area contributed by atoms with Crippen molar-refractivity contribution in [2.75, 3.05) is 0 Å². The van der Waals surface area contributed by atoms with E-state index >= 15 is 0 Å². The average molecular weight is 391 g/mol. The fourth-order valence-electron chi connectivity index (χ4n) is 1.43. The van der Waals surface area contributed by atoms with Gasteiger partial charge in [0.15, 0.2) is 0 Å². The number of hydrogen-bond acceptors (Lipinski definition) is 2. The van der Waals surface area contributed by atoms with Gasteiger partial charge in [-0.3, -0.25) is 0 Å². The molecule has 0 bridgehead atoms. The number of ether oxygens (including phenoxy) is 1. The second-order valence-corrected chi connectivity index (χ2v) is 5.77. The Morgan fingerprint density at radius 1 is 1.11 bits per heavy atom. The van der Waals surface area contributed by atoms with E-state index in [1.54, 1.807) is 6.20 Å². The molecule has 0 aliphatic rings. The molecule has 2 aromatic rings. The van der Waals surface area contributed by atoms with Crippen molar-refractivity contribution in [3.05, 3.63) is 56.6 Å². The molecule has 0 unspecified atom stereocenters. The van der Waals surface area contributed by atoms with Gasteiger partial charge in [-0.1, -0.05) is 28.1 Å². The molecular formula is C13H10Br2ClNO. The molecule has 0 radical (unpaired) electrons. The Labute approximate surface area is 128 Å². The first-order valence-electron chi connectivity index (χ1n) is 5.26. The predicted molar refractivity (Wildman–Crippen MR) is 80.0 cm³/mol. The SMILES string of the molecule is ClCc1cc(Br)cnc1OCc1ccc(Br)cc1. The van der Waals surface area contributed by atoms with Crippen molar-refractivity contribution in [1.29, 1.82) is 0 Å². The number of nitrogens with zero attached hydrogens (tertiary/aromatic N) is 1. The van der Waals surface area contributed by atoms with Crippen LogP contribution in [0.1, 0.15) is 11.1 Å². The lowest BCUT2D eigenvalue weighted by Crippen LogP contribution is -2.00. The molecule has 0 spiro atoms. The standard InChI is InChI=1S/C13H10Br2ClNO/c14-11-3-1-9(2-4-11)8-18-13-10(6-16)5-12(15)7-17-13/h1-5,7H,6,8H2. The minimum absolute atomic E-state index is 0.377. The number of alkyl halides is 1. The van der Waals surface area contributed by atoms with Gasteiger partial charge in [0.05, 0.1) is 5.88 Å². The number of halogens is 3. The van der Waals surface area contributed by atoms with E-state index in [-0.39, 0.29) is 0 Å². The van der Waals surface area contributed by atoms with Gasteiger partial charge in [0.1, 0.15) is 6.61 Å². The third-order valence-electron chi connectivity index (χ3n) is 2.32. The second kappa shape index (κ2) is 6.55. The van der Waals surface area contributed by atoms with Gasteiger partial charge in [-0.25, -0.2) is 4.98 Å². The summed E-state index contributed by atoms with van der Waals surface area (Å²) < 4.78 is 7.63. The van der Waals surface area contributed by atoms with E-state index in [2.05, 4.69) is 36.8 Å². The molecule has 0 aliphatic heterocycles. The lowest BCUT2D eigenvalue weighted by molar-refractivity contribution is 0.291. The maximum atomic E-state index is 5.86. The monoisotopic (exact) mass is 389 g/mol. The summed E-state index contributed by atoms with van der Waals surface area (Å²) in [6.07, 6.45) is 1.70. The van der Waals surface area contributed by atoms with Crippen molar-refractivity contribution in [1.82, 2.24) is 4.98 Å². The summed E-state index contributed by atoms with van der Waals surface area (Å²) in [5.74, 6) is 0.957. The first-order valence-corrected chi connectivity index (χ1v) is 7.38. The molecule has 1 heterocycles. The smallest absolute Gasteiger partial charge is 0.218 e. The fraction of sp³-hybridized carbons (Fsp3) is 0.154. The highest BCUT2D eigenvalue weighted by molar-refractivity contribution is 9.10. The van der Waals surface area contributed by atoms with Crippen LogP contribution in [0, 0.1) is 0 Å². The van der Waals surface area contributed by atoms with E-state index in [9.17, 15) is 0 Å². The molecule has 94 valence electrons. The molecule has 18 heavy (non-hydrogen) atoms. The van der Waals surface area contributed by atoms with Crippen LogP contribution in [0.15, 0.2) is 45.5 Å². The van der Waals surface area contributed by atoms with Gasteiger partial charge < -0.3 is 4.74 Å². The summed E-state index contributed by atoms with van der Waals surface area (Å²) in [6.45, 7) is 0.478. The molecule has 1 aromatic carbocycles. The molecule has 0 saturated heterocycles. The van der Waals surface area contributed by atoms with Gasteiger partial charge in [-0.2, -0.15) is 0 Å². The van der Waals surface area contributed by atoms with Gasteiger partial charge in [0, 0.05) is 20.7 Å². The lowest BCUT2D eigenvalue weighted by Gasteiger charge is -2.09. The van der Waals surface area contributed by atoms with E-state index in [1.165, 1.54) is 0 Å². The van der Waals surface area contributed by atoms with Gasteiger partial charge in [-0.15, -0.1) is 11.6 Å². The lowest BCUT2D eigenvalue weighted by atomic mass is 10.2. The zero-order valence-corrected chi connectivity index (χ0v) is 13.3. The van der Waals surface area contributed by atoms with Gasteiger partial charge in [0.2, 0.25) is 5.88 Å². The molecule has 0 N–H and O–H groups in total. The molecule has 0 aliphatic carbocycles. The van der Waals surface area contributed by atoms with Gasteiger partial charge in [-0.05, 0) is 39.7 Å². The van der Waals surface area contributed by atoms with Crippen LogP contribution in [0.2, 0.25) is 0 Å². The minimum Gasteiger partial charge on any atom is -0.473 e. The number of benzene rings is 1. The van der Waals surface area contributed by atoms with E-state index in [1.807, 2.05) is 30.3 Å². The van der Waals surface area contributed by atoms with Crippen molar-refractivity contribution < 1.29 is 4.74 Å².